The number of aliphatic hydroxyl groups is 1. The highest BCUT2D eigenvalue weighted by atomic mass is 127. The largest absolute Gasteiger partial charge is 0.384 e. The van der Waals surface area contributed by atoms with Gasteiger partial charge in [-0.1, -0.05) is 47.1 Å². The average Bonchev–Trinajstić information content (AvgIpc) is 3.22. The number of hydrogen-bond donors (Lipinski definition) is 3. The van der Waals surface area contributed by atoms with Gasteiger partial charge in [0, 0.05) is 30.1 Å². The van der Waals surface area contributed by atoms with Crippen LogP contribution in [0.1, 0.15) is 25.3 Å². The normalized spacial score (nSPS) is 13.2. The number of aliphatic imine (C=N–C) groups is 1. The van der Waals surface area contributed by atoms with Gasteiger partial charge in [-0.05, 0) is 43.7 Å². The summed E-state index contributed by atoms with van der Waals surface area (Å²) >= 11 is 5.91. The van der Waals surface area contributed by atoms with E-state index < -0.39 is 5.60 Å². The van der Waals surface area contributed by atoms with Crippen molar-refractivity contribution in [2.75, 3.05) is 19.6 Å². The molecule has 31 heavy (non-hydrogen) atoms. The highest BCUT2D eigenvalue weighted by molar-refractivity contribution is 14.0. The molecule has 0 aliphatic carbocycles. The van der Waals surface area contributed by atoms with Gasteiger partial charge < -0.3 is 20.3 Å². The minimum atomic E-state index is -1.05. The van der Waals surface area contributed by atoms with E-state index in [9.17, 15) is 5.11 Å². The van der Waals surface area contributed by atoms with Crippen LogP contribution < -0.4 is 10.6 Å². The standard InChI is InChI=1S/C22H26ClN5O2.HI/c1-3-24-21(26-15-22(2,29)17-7-5-4-6-8-17)25-14-13-19-27-20(28-30-19)16-9-11-18(23)12-10-16;/h4-12,29H,3,13-15H2,1-2H3,(H2,24,25,26);1H. The Balaban J connectivity index is 0.00000341. The molecule has 1 atom stereocenters. The number of nitrogens with one attached hydrogen (secondary N) is 2. The fourth-order valence-electron chi connectivity index (χ4n) is 2.82. The van der Waals surface area contributed by atoms with Crippen LogP contribution in [-0.4, -0.2) is 40.8 Å². The molecule has 3 aromatic rings. The maximum Gasteiger partial charge on any atom is 0.228 e. The first-order chi connectivity index (χ1) is 14.5. The first kappa shape index (κ1) is 25.1. The molecule has 0 bridgehead atoms. The van der Waals surface area contributed by atoms with Crippen LogP contribution in [0, 0.1) is 0 Å². The van der Waals surface area contributed by atoms with Crippen molar-refractivity contribution in [3.63, 3.8) is 0 Å². The summed E-state index contributed by atoms with van der Waals surface area (Å²) in [5, 5.41) is 21.8. The van der Waals surface area contributed by atoms with Crippen LogP contribution in [0.5, 0.6) is 0 Å². The molecule has 0 radical (unpaired) electrons. The number of halogens is 2. The third-order valence-corrected chi connectivity index (χ3v) is 4.74. The van der Waals surface area contributed by atoms with Crippen molar-refractivity contribution < 1.29 is 9.63 Å². The van der Waals surface area contributed by atoms with Gasteiger partial charge in [0.25, 0.3) is 0 Å². The predicted molar refractivity (Wildman–Crippen MR) is 134 cm³/mol. The minimum absolute atomic E-state index is 0. The van der Waals surface area contributed by atoms with Gasteiger partial charge >= 0.3 is 0 Å². The monoisotopic (exact) mass is 555 g/mol. The molecule has 0 saturated carbocycles. The van der Waals surface area contributed by atoms with Crippen LogP contribution in [0.15, 0.2) is 64.1 Å². The number of benzene rings is 2. The zero-order valence-corrected chi connectivity index (χ0v) is 20.6. The van der Waals surface area contributed by atoms with Crippen LogP contribution in [-0.2, 0) is 12.0 Å². The molecule has 1 heterocycles. The van der Waals surface area contributed by atoms with E-state index in [0.717, 1.165) is 11.1 Å². The molecule has 0 amide bonds. The van der Waals surface area contributed by atoms with Crippen LogP contribution in [0.3, 0.4) is 0 Å². The van der Waals surface area contributed by atoms with Crippen molar-refractivity contribution >= 4 is 41.5 Å². The van der Waals surface area contributed by atoms with Crippen molar-refractivity contribution in [2.45, 2.75) is 25.9 Å². The molecule has 166 valence electrons. The molecule has 0 aliphatic heterocycles. The molecule has 0 fully saturated rings. The van der Waals surface area contributed by atoms with Crippen molar-refractivity contribution in [2.24, 2.45) is 4.99 Å². The summed E-state index contributed by atoms with van der Waals surface area (Å²) in [6, 6.07) is 16.8. The third-order valence-electron chi connectivity index (χ3n) is 4.49. The fourth-order valence-corrected chi connectivity index (χ4v) is 2.95. The number of rotatable bonds is 8. The topological polar surface area (TPSA) is 95.6 Å². The van der Waals surface area contributed by atoms with Gasteiger partial charge in [-0.2, -0.15) is 4.98 Å². The molecule has 1 unspecified atom stereocenters. The SMILES string of the molecule is CCNC(=NCC(C)(O)c1ccccc1)NCCc1nc(-c2ccc(Cl)cc2)no1.I. The van der Waals surface area contributed by atoms with Gasteiger partial charge in [-0.3, -0.25) is 0 Å². The summed E-state index contributed by atoms with van der Waals surface area (Å²) in [6.07, 6.45) is 0.542. The minimum Gasteiger partial charge on any atom is -0.384 e. The lowest BCUT2D eigenvalue weighted by atomic mass is 9.96. The molecular formula is C22H27ClIN5O2. The van der Waals surface area contributed by atoms with Gasteiger partial charge in [0.15, 0.2) is 5.96 Å². The molecule has 0 spiro atoms. The number of hydrogen-bond acceptors (Lipinski definition) is 5. The van der Waals surface area contributed by atoms with Crippen molar-refractivity contribution in [1.82, 2.24) is 20.8 Å². The summed E-state index contributed by atoms with van der Waals surface area (Å²) in [5.41, 5.74) is 0.620. The van der Waals surface area contributed by atoms with E-state index in [1.807, 2.05) is 49.4 Å². The van der Waals surface area contributed by atoms with E-state index in [1.54, 1.807) is 19.1 Å². The Morgan fingerprint density at radius 3 is 2.52 bits per heavy atom. The summed E-state index contributed by atoms with van der Waals surface area (Å²) in [7, 11) is 0. The van der Waals surface area contributed by atoms with Gasteiger partial charge in [0.2, 0.25) is 11.7 Å². The van der Waals surface area contributed by atoms with Crippen LogP contribution >= 0.6 is 35.6 Å². The van der Waals surface area contributed by atoms with Crippen molar-refractivity contribution in [3.05, 3.63) is 71.1 Å². The summed E-state index contributed by atoms with van der Waals surface area (Å²) < 4.78 is 5.33. The second-order valence-corrected chi connectivity index (χ2v) is 7.47. The lowest BCUT2D eigenvalue weighted by Gasteiger charge is -2.22. The molecule has 7 nitrogen and oxygen atoms in total. The number of guanidine groups is 1. The predicted octanol–water partition coefficient (Wildman–Crippen LogP) is 4.01. The van der Waals surface area contributed by atoms with E-state index in [0.29, 0.717) is 42.2 Å². The molecule has 2 aromatic carbocycles. The Bertz CT molecular complexity index is 962. The summed E-state index contributed by atoms with van der Waals surface area (Å²) in [5.74, 6) is 1.67. The van der Waals surface area contributed by atoms with Crippen molar-refractivity contribution in [1.29, 1.82) is 0 Å². The van der Waals surface area contributed by atoms with Gasteiger partial charge in [0.1, 0.15) is 5.60 Å². The Morgan fingerprint density at radius 1 is 1.13 bits per heavy atom. The Kier molecular flexibility index (Phi) is 9.73. The van der Waals surface area contributed by atoms with Crippen molar-refractivity contribution in [3.8, 4) is 11.4 Å². The number of nitrogens with zero attached hydrogens (tertiary/aromatic N) is 3. The number of aromatic nitrogens is 2. The first-order valence-corrected chi connectivity index (χ1v) is 10.2. The van der Waals surface area contributed by atoms with Gasteiger partial charge in [0.05, 0.1) is 6.54 Å². The Labute approximate surface area is 204 Å². The van der Waals surface area contributed by atoms with E-state index in [-0.39, 0.29) is 30.5 Å². The second-order valence-electron chi connectivity index (χ2n) is 7.03. The molecule has 0 saturated heterocycles. The molecular weight excluding hydrogens is 529 g/mol. The van der Waals surface area contributed by atoms with Crippen LogP contribution in [0.4, 0.5) is 0 Å². The summed E-state index contributed by atoms with van der Waals surface area (Å²) in [6.45, 7) is 5.24. The van der Waals surface area contributed by atoms with Crippen LogP contribution in [0.25, 0.3) is 11.4 Å². The zero-order valence-electron chi connectivity index (χ0n) is 17.5. The average molecular weight is 556 g/mol. The van der Waals surface area contributed by atoms with E-state index in [4.69, 9.17) is 16.1 Å². The highest BCUT2D eigenvalue weighted by Crippen LogP contribution is 2.20. The lowest BCUT2D eigenvalue weighted by molar-refractivity contribution is 0.0672. The molecule has 3 rings (SSSR count). The van der Waals surface area contributed by atoms with Gasteiger partial charge in [-0.25, -0.2) is 4.99 Å². The maximum atomic E-state index is 10.7. The van der Waals surface area contributed by atoms with Gasteiger partial charge in [-0.15, -0.1) is 24.0 Å². The molecule has 3 N–H and O–H groups in total. The lowest BCUT2D eigenvalue weighted by Crippen LogP contribution is -2.39. The second kappa shape index (κ2) is 12.0. The first-order valence-electron chi connectivity index (χ1n) is 9.86. The third kappa shape index (κ3) is 7.48. The van der Waals surface area contributed by atoms with Crippen LogP contribution in [0.2, 0.25) is 5.02 Å². The summed E-state index contributed by atoms with van der Waals surface area (Å²) in [4.78, 5) is 8.94. The van der Waals surface area contributed by atoms with E-state index in [1.165, 1.54) is 0 Å². The smallest absolute Gasteiger partial charge is 0.228 e. The Hall–Kier alpha value is -2.17. The van der Waals surface area contributed by atoms with E-state index >= 15 is 0 Å². The van der Waals surface area contributed by atoms with E-state index in [2.05, 4.69) is 25.8 Å². The Morgan fingerprint density at radius 2 is 1.84 bits per heavy atom. The molecule has 0 aliphatic rings. The maximum absolute atomic E-state index is 10.7. The quantitative estimate of drug-likeness (QED) is 0.221. The zero-order chi connectivity index (χ0) is 21.4. The fraction of sp³-hybridized carbons (Fsp3) is 0.318. The highest BCUT2D eigenvalue weighted by Gasteiger charge is 2.22. The molecule has 9 heteroatoms. The molecule has 1 aromatic heterocycles.